The van der Waals surface area contributed by atoms with Crippen LogP contribution in [0.1, 0.15) is 29.4 Å². The molecule has 7 nitrogen and oxygen atoms in total. The van der Waals surface area contributed by atoms with Crippen molar-refractivity contribution < 1.29 is 14.7 Å². The number of likely N-dealkylation sites (tertiary alicyclic amines) is 1. The Morgan fingerprint density at radius 1 is 1.26 bits per heavy atom. The zero-order valence-electron chi connectivity index (χ0n) is 15.7. The van der Waals surface area contributed by atoms with Gasteiger partial charge in [0, 0.05) is 38.9 Å². The Morgan fingerprint density at radius 2 is 2.07 bits per heavy atom. The third-order valence-corrected chi connectivity index (χ3v) is 4.86. The Bertz CT molecular complexity index is 817. The molecule has 0 spiro atoms. The minimum Gasteiger partial charge on any atom is -0.508 e. The molecule has 0 radical (unpaired) electrons. The van der Waals surface area contributed by atoms with Crippen molar-refractivity contribution in [2.24, 2.45) is 7.05 Å². The topological polar surface area (TPSA) is 86.6 Å². The number of aryl methyl sites for hydroxylation is 1. The first-order chi connectivity index (χ1) is 13.0. The highest BCUT2D eigenvalue weighted by molar-refractivity contribution is 5.93. The average Bonchev–Trinajstić information content (AvgIpc) is 3.21. The molecular formula is C20H26N4O3. The van der Waals surface area contributed by atoms with E-state index in [1.807, 2.05) is 32.3 Å². The summed E-state index contributed by atoms with van der Waals surface area (Å²) in [4.78, 5) is 27.1. The zero-order chi connectivity index (χ0) is 19.4. The van der Waals surface area contributed by atoms with Gasteiger partial charge in [-0.15, -0.1) is 0 Å². The third kappa shape index (κ3) is 4.49. The number of benzene rings is 1. The van der Waals surface area contributed by atoms with Crippen LogP contribution < -0.4 is 10.6 Å². The van der Waals surface area contributed by atoms with Crippen LogP contribution in [0.2, 0.25) is 0 Å². The summed E-state index contributed by atoms with van der Waals surface area (Å²) in [6.07, 6.45) is 2.38. The van der Waals surface area contributed by atoms with Crippen LogP contribution in [0, 0.1) is 0 Å². The summed E-state index contributed by atoms with van der Waals surface area (Å²) < 4.78 is 1.77. The maximum atomic E-state index is 12.5. The highest BCUT2D eigenvalue weighted by Gasteiger charge is 2.37. The monoisotopic (exact) mass is 370 g/mol. The SMILES string of the molecule is CCNC(=O)[C@@H]1C[C@H](NC(=O)c2cccn2C)CN1Cc1cccc(O)c1. The summed E-state index contributed by atoms with van der Waals surface area (Å²) in [5.41, 5.74) is 1.52. The minimum absolute atomic E-state index is 0.0340. The van der Waals surface area contributed by atoms with E-state index in [0.717, 1.165) is 5.56 Å². The van der Waals surface area contributed by atoms with Gasteiger partial charge in [0.2, 0.25) is 5.91 Å². The number of phenols is 1. The summed E-state index contributed by atoms with van der Waals surface area (Å²) in [6.45, 7) is 3.57. The summed E-state index contributed by atoms with van der Waals surface area (Å²) in [5.74, 6) is 0.0319. The third-order valence-electron chi connectivity index (χ3n) is 4.86. The number of likely N-dealkylation sites (N-methyl/N-ethyl adjacent to an activating group) is 1. The summed E-state index contributed by atoms with van der Waals surface area (Å²) in [5, 5.41) is 15.6. The van der Waals surface area contributed by atoms with E-state index < -0.39 is 0 Å². The van der Waals surface area contributed by atoms with Crippen LogP contribution in [0.15, 0.2) is 42.6 Å². The van der Waals surface area contributed by atoms with Gasteiger partial charge in [0.05, 0.1) is 6.04 Å². The largest absolute Gasteiger partial charge is 0.508 e. The molecular weight excluding hydrogens is 344 g/mol. The van der Waals surface area contributed by atoms with E-state index in [0.29, 0.717) is 31.7 Å². The van der Waals surface area contributed by atoms with Gasteiger partial charge < -0.3 is 20.3 Å². The maximum absolute atomic E-state index is 12.5. The van der Waals surface area contributed by atoms with Gasteiger partial charge in [-0.05, 0) is 43.2 Å². The van der Waals surface area contributed by atoms with Crippen molar-refractivity contribution in [3.05, 3.63) is 53.9 Å². The molecule has 0 saturated carbocycles. The van der Waals surface area contributed by atoms with Crippen molar-refractivity contribution in [3.8, 4) is 5.75 Å². The molecule has 1 saturated heterocycles. The van der Waals surface area contributed by atoms with Crippen LogP contribution in [0.25, 0.3) is 0 Å². The van der Waals surface area contributed by atoms with Crippen LogP contribution in [0.3, 0.4) is 0 Å². The molecule has 0 bridgehead atoms. The fourth-order valence-corrected chi connectivity index (χ4v) is 3.59. The van der Waals surface area contributed by atoms with E-state index in [9.17, 15) is 14.7 Å². The van der Waals surface area contributed by atoms with E-state index in [4.69, 9.17) is 0 Å². The van der Waals surface area contributed by atoms with Gasteiger partial charge in [-0.25, -0.2) is 0 Å². The van der Waals surface area contributed by atoms with Crippen LogP contribution >= 0.6 is 0 Å². The van der Waals surface area contributed by atoms with Crippen LogP contribution in [-0.2, 0) is 18.4 Å². The minimum atomic E-state index is -0.314. The number of carbonyl (C=O) groups excluding carboxylic acids is 2. The second kappa shape index (κ2) is 8.26. The van der Waals surface area contributed by atoms with Crippen molar-refractivity contribution in [2.45, 2.75) is 32.0 Å². The highest BCUT2D eigenvalue weighted by atomic mass is 16.3. The van der Waals surface area contributed by atoms with Gasteiger partial charge in [-0.2, -0.15) is 0 Å². The number of aromatic hydroxyl groups is 1. The van der Waals surface area contributed by atoms with Crippen molar-refractivity contribution in [1.82, 2.24) is 20.1 Å². The number of nitrogens with zero attached hydrogens (tertiary/aromatic N) is 2. The van der Waals surface area contributed by atoms with E-state index in [1.54, 1.807) is 28.8 Å². The number of amides is 2. The van der Waals surface area contributed by atoms with Gasteiger partial charge in [0.15, 0.2) is 0 Å². The first-order valence-corrected chi connectivity index (χ1v) is 9.19. The molecule has 1 aliphatic heterocycles. The van der Waals surface area contributed by atoms with Crippen molar-refractivity contribution >= 4 is 11.8 Å². The molecule has 2 atom stereocenters. The lowest BCUT2D eigenvalue weighted by Crippen LogP contribution is -2.42. The molecule has 3 N–H and O–H groups in total. The lowest BCUT2D eigenvalue weighted by atomic mass is 10.1. The summed E-state index contributed by atoms with van der Waals surface area (Å²) in [6, 6.07) is 10.2. The Balaban J connectivity index is 1.71. The maximum Gasteiger partial charge on any atom is 0.268 e. The number of hydrogen-bond donors (Lipinski definition) is 3. The summed E-state index contributed by atoms with van der Waals surface area (Å²) in [7, 11) is 1.83. The molecule has 3 rings (SSSR count). The van der Waals surface area contributed by atoms with Crippen LogP contribution in [0.4, 0.5) is 0 Å². The number of hydrogen-bond acceptors (Lipinski definition) is 4. The first-order valence-electron chi connectivity index (χ1n) is 9.19. The highest BCUT2D eigenvalue weighted by Crippen LogP contribution is 2.23. The van der Waals surface area contributed by atoms with E-state index in [-0.39, 0.29) is 29.6 Å². The number of rotatable bonds is 6. The molecule has 0 aliphatic carbocycles. The van der Waals surface area contributed by atoms with E-state index in [2.05, 4.69) is 15.5 Å². The smallest absolute Gasteiger partial charge is 0.268 e. The molecule has 0 unspecified atom stereocenters. The molecule has 1 fully saturated rings. The molecule has 1 aromatic heterocycles. The van der Waals surface area contributed by atoms with Gasteiger partial charge >= 0.3 is 0 Å². The summed E-state index contributed by atoms with van der Waals surface area (Å²) >= 11 is 0. The van der Waals surface area contributed by atoms with Gasteiger partial charge in [0.1, 0.15) is 11.4 Å². The number of phenolic OH excluding ortho intramolecular Hbond substituents is 1. The second-order valence-electron chi connectivity index (χ2n) is 6.92. The van der Waals surface area contributed by atoms with E-state index >= 15 is 0 Å². The molecule has 2 heterocycles. The second-order valence-corrected chi connectivity index (χ2v) is 6.92. The van der Waals surface area contributed by atoms with Crippen molar-refractivity contribution in [2.75, 3.05) is 13.1 Å². The quantitative estimate of drug-likeness (QED) is 0.714. The normalized spacial score (nSPS) is 19.8. The first kappa shape index (κ1) is 19.0. The number of aromatic nitrogens is 1. The Labute approximate surface area is 159 Å². The molecule has 144 valence electrons. The fraction of sp³-hybridized carbons (Fsp3) is 0.400. The number of carbonyl (C=O) groups is 2. The average molecular weight is 370 g/mol. The molecule has 1 aliphatic rings. The lowest BCUT2D eigenvalue weighted by Gasteiger charge is -2.23. The Kier molecular flexibility index (Phi) is 5.81. The Hall–Kier alpha value is -2.80. The molecule has 2 amide bonds. The predicted molar refractivity (Wildman–Crippen MR) is 102 cm³/mol. The van der Waals surface area contributed by atoms with Gasteiger partial charge in [0.25, 0.3) is 5.91 Å². The molecule has 1 aromatic carbocycles. The molecule has 27 heavy (non-hydrogen) atoms. The van der Waals surface area contributed by atoms with Crippen LogP contribution in [0.5, 0.6) is 5.75 Å². The lowest BCUT2D eigenvalue weighted by molar-refractivity contribution is -0.125. The fourth-order valence-electron chi connectivity index (χ4n) is 3.59. The predicted octanol–water partition coefficient (Wildman–Crippen LogP) is 1.24. The van der Waals surface area contributed by atoms with Crippen molar-refractivity contribution in [3.63, 3.8) is 0 Å². The van der Waals surface area contributed by atoms with E-state index in [1.165, 1.54) is 0 Å². The van der Waals surface area contributed by atoms with Crippen molar-refractivity contribution in [1.29, 1.82) is 0 Å². The number of nitrogens with one attached hydrogen (secondary N) is 2. The van der Waals surface area contributed by atoms with Crippen LogP contribution in [-0.4, -0.2) is 51.6 Å². The molecule has 7 heteroatoms. The van der Waals surface area contributed by atoms with Gasteiger partial charge in [-0.1, -0.05) is 12.1 Å². The standard InChI is InChI=1S/C20H26N4O3/c1-3-21-19(26)18-11-15(22-20(27)17-8-5-9-23(17)2)13-24(18)12-14-6-4-7-16(25)10-14/h4-10,15,18,25H,3,11-13H2,1-2H3,(H,21,26)(H,22,27)/t15-,18-/m0/s1. The zero-order valence-corrected chi connectivity index (χ0v) is 15.7. The van der Waals surface area contributed by atoms with Gasteiger partial charge in [-0.3, -0.25) is 14.5 Å². The molecule has 2 aromatic rings. The Morgan fingerprint density at radius 3 is 2.74 bits per heavy atom.